The Labute approximate surface area is 213 Å². The molecule has 10 heteroatoms. The van der Waals surface area contributed by atoms with Gasteiger partial charge in [0.05, 0.1) is 17.5 Å². The highest BCUT2D eigenvalue weighted by Gasteiger charge is 2.31. The summed E-state index contributed by atoms with van der Waals surface area (Å²) in [6, 6.07) is 5.66. The number of rotatable bonds is 8. The predicted molar refractivity (Wildman–Crippen MR) is 133 cm³/mol. The van der Waals surface area contributed by atoms with E-state index in [-0.39, 0.29) is 42.4 Å². The van der Waals surface area contributed by atoms with Crippen molar-refractivity contribution < 1.29 is 33.0 Å². The number of halogens is 1. The van der Waals surface area contributed by atoms with Gasteiger partial charge in [0, 0.05) is 25.7 Å². The number of hydrogen-bond donors (Lipinski definition) is 0. The Morgan fingerprint density at radius 2 is 1.84 bits per heavy atom. The molecule has 3 aromatic rings. The van der Waals surface area contributed by atoms with Gasteiger partial charge in [0.15, 0.2) is 17.1 Å². The molecule has 0 aliphatic heterocycles. The van der Waals surface area contributed by atoms with Crippen LogP contribution in [0.4, 0.5) is 4.39 Å². The maximum atomic E-state index is 13.8. The fourth-order valence-electron chi connectivity index (χ4n) is 3.45. The molecule has 9 nitrogen and oxygen atoms in total. The quantitative estimate of drug-likeness (QED) is 0.419. The van der Waals surface area contributed by atoms with E-state index in [0.29, 0.717) is 16.6 Å². The van der Waals surface area contributed by atoms with Crippen LogP contribution in [0.5, 0.6) is 11.5 Å². The molecule has 0 fully saturated rings. The molecule has 0 amide bonds. The number of hydrogen-bond acceptors (Lipinski definition) is 8. The third-order valence-electron chi connectivity index (χ3n) is 5.39. The molecule has 0 spiro atoms. The predicted octanol–water partition coefficient (Wildman–Crippen LogP) is 3.76. The van der Waals surface area contributed by atoms with E-state index in [2.05, 4.69) is 4.98 Å². The third kappa shape index (κ3) is 6.19. The molecular weight excluding hydrogens is 483 g/mol. The van der Waals surface area contributed by atoms with Crippen molar-refractivity contribution in [1.29, 1.82) is 0 Å². The molecule has 0 aliphatic rings. The molecular formula is C27H29FN2O7. The van der Waals surface area contributed by atoms with E-state index in [1.165, 1.54) is 42.9 Å². The van der Waals surface area contributed by atoms with Crippen LogP contribution in [0.3, 0.4) is 0 Å². The Hall–Kier alpha value is -4.08. The van der Waals surface area contributed by atoms with Gasteiger partial charge in [0.2, 0.25) is 0 Å². The summed E-state index contributed by atoms with van der Waals surface area (Å²) in [5.74, 6) is -2.37. The Morgan fingerprint density at radius 1 is 1.14 bits per heavy atom. The van der Waals surface area contributed by atoms with Crippen LogP contribution in [-0.4, -0.2) is 40.5 Å². The first-order valence-corrected chi connectivity index (χ1v) is 11.6. The summed E-state index contributed by atoms with van der Waals surface area (Å²) in [7, 11) is 1.47. The minimum absolute atomic E-state index is 0.0186. The van der Waals surface area contributed by atoms with Gasteiger partial charge in [-0.15, -0.1) is 0 Å². The summed E-state index contributed by atoms with van der Waals surface area (Å²) in [6.07, 6.45) is 1.73. The number of fused-ring (bicyclic) bond motifs is 1. The second-order valence-corrected chi connectivity index (χ2v) is 9.56. The smallest absolute Gasteiger partial charge is 0.347 e. The molecule has 0 N–H and O–H groups in total. The monoisotopic (exact) mass is 512 g/mol. The lowest BCUT2D eigenvalue weighted by atomic mass is 9.97. The Kier molecular flexibility index (Phi) is 8.10. The van der Waals surface area contributed by atoms with Crippen molar-refractivity contribution in [3.8, 4) is 11.5 Å². The SMILES string of the molecule is CCOC(=O)c1c(OC(=O)C(C)(C)C)c2ncc(Cc3ccc(F)cc3OCC(C)=O)cc2n(C)c1=O. The number of Topliss-reactive ketones (excluding diaryl/α,β-unsaturated/α-hetero) is 1. The van der Waals surface area contributed by atoms with Crippen LogP contribution in [-0.2, 0) is 27.8 Å². The molecule has 196 valence electrons. The molecule has 2 heterocycles. The number of carbonyl (C=O) groups excluding carboxylic acids is 3. The van der Waals surface area contributed by atoms with Gasteiger partial charge < -0.3 is 18.8 Å². The number of ketones is 1. The van der Waals surface area contributed by atoms with E-state index in [9.17, 15) is 23.6 Å². The zero-order chi connectivity index (χ0) is 27.5. The fraction of sp³-hybridized carbons (Fsp3) is 0.370. The summed E-state index contributed by atoms with van der Waals surface area (Å²) in [6.45, 7) is 7.69. The van der Waals surface area contributed by atoms with Crippen molar-refractivity contribution in [2.75, 3.05) is 13.2 Å². The Balaban J connectivity index is 2.15. The normalized spacial score (nSPS) is 11.3. The largest absolute Gasteiger partial charge is 0.485 e. The Bertz CT molecular complexity index is 1440. The highest BCUT2D eigenvalue weighted by Crippen LogP contribution is 2.31. The van der Waals surface area contributed by atoms with E-state index >= 15 is 0 Å². The number of pyridine rings is 2. The fourth-order valence-corrected chi connectivity index (χ4v) is 3.45. The number of aryl methyl sites for hydroxylation is 1. The van der Waals surface area contributed by atoms with E-state index in [4.69, 9.17) is 14.2 Å². The summed E-state index contributed by atoms with van der Waals surface area (Å²) >= 11 is 0. The molecule has 37 heavy (non-hydrogen) atoms. The zero-order valence-electron chi connectivity index (χ0n) is 21.6. The van der Waals surface area contributed by atoms with Crippen LogP contribution in [0.2, 0.25) is 0 Å². The van der Waals surface area contributed by atoms with Gasteiger partial charge in [-0.25, -0.2) is 9.18 Å². The molecule has 3 rings (SSSR count). The second-order valence-electron chi connectivity index (χ2n) is 9.56. The molecule has 0 aliphatic carbocycles. The molecule has 0 atom stereocenters. The van der Waals surface area contributed by atoms with Crippen molar-refractivity contribution >= 4 is 28.8 Å². The third-order valence-corrected chi connectivity index (χ3v) is 5.39. The van der Waals surface area contributed by atoms with Gasteiger partial charge in [-0.05, 0) is 57.9 Å². The van der Waals surface area contributed by atoms with Crippen molar-refractivity contribution in [3.05, 3.63) is 63.3 Å². The minimum Gasteiger partial charge on any atom is -0.485 e. The van der Waals surface area contributed by atoms with Gasteiger partial charge in [0.25, 0.3) is 5.56 Å². The lowest BCUT2D eigenvalue weighted by Gasteiger charge is -2.19. The first-order chi connectivity index (χ1) is 17.3. The van der Waals surface area contributed by atoms with Gasteiger partial charge >= 0.3 is 11.9 Å². The first-order valence-electron chi connectivity index (χ1n) is 11.6. The van der Waals surface area contributed by atoms with E-state index in [1.807, 2.05) is 0 Å². The number of ether oxygens (including phenoxy) is 3. The standard InChI is InChI=1S/C27H29FN2O7/c1-7-35-25(33)21-23(37-26(34)27(3,4)5)22-19(30(6)24(21)32)11-16(13-29-22)10-17-8-9-18(28)12-20(17)36-14-15(2)31/h8-9,11-13H,7,10,14H2,1-6H3. The minimum atomic E-state index is -0.925. The highest BCUT2D eigenvalue weighted by molar-refractivity contribution is 6.00. The molecule has 0 bridgehead atoms. The second kappa shape index (κ2) is 10.9. The van der Waals surface area contributed by atoms with Gasteiger partial charge in [-0.3, -0.25) is 19.4 Å². The van der Waals surface area contributed by atoms with Crippen molar-refractivity contribution in [1.82, 2.24) is 9.55 Å². The maximum Gasteiger partial charge on any atom is 0.347 e. The molecule has 0 saturated heterocycles. The summed E-state index contributed by atoms with van der Waals surface area (Å²) < 4.78 is 31.1. The lowest BCUT2D eigenvalue weighted by Crippen LogP contribution is -2.31. The summed E-state index contributed by atoms with van der Waals surface area (Å²) in [4.78, 5) is 54.4. The summed E-state index contributed by atoms with van der Waals surface area (Å²) in [5, 5.41) is 0. The molecule has 0 unspecified atom stereocenters. The van der Waals surface area contributed by atoms with Crippen LogP contribution in [0.25, 0.3) is 11.0 Å². The molecule has 2 aromatic heterocycles. The van der Waals surface area contributed by atoms with E-state index in [0.717, 1.165) is 0 Å². The number of nitrogens with zero attached hydrogens (tertiary/aromatic N) is 2. The highest BCUT2D eigenvalue weighted by atomic mass is 19.1. The van der Waals surface area contributed by atoms with Crippen molar-refractivity contribution in [3.63, 3.8) is 0 Å². The topological polar surface area (TPSA) is 114 Å². The molecule has 0 saturated carbocycles. The van der Waals surface area contributed by atoms with Crippen LogP contribution in [0.15, 0.2) is 35.3 Å². The van der Waals surface area contributed by atoms with Crippen LogP contribution < -0.4 is 15.0 Å². The summed E-state index contributed by atoms with van der Waals surface area (Å²) in [5.41, 5.74) is -0.408. The molecule has 1 aromatic carbocycles. The van der Waals surface area contributed by atoms with Gasteiger partial charge in [-0.1, -0.05) is 6.07 Å². The van der Waals surface area contributed by atoms with Crippen molar-refractivity contribution in [2.45, 2.75) is 41.0 Å². The van der Waals surface area contributed by atoms with Crippen LogP contribution in [0.1, 0.15) is 56.1 Å². The van der Waals surface area contributed by atoms with Crippen LogP contribution in [0, 0.1) is 11.2 Å². The van der Waals surface area contributed by atoms with Crippen LogP contribution >= 0.6 is 0 Å². The van der Waals surface area contributed by atoms with Gasteiger partial charge in [0.1, 0.15) is 23.7 Å². The average molecular weight is 513 g/mol. The maximum absolute atomic E-state index is 13.8. The zero-order valence-corrected chi connectivity index (χ0v) is 21.6. The number of carbonyl (C=O) groups is 3. The van der Waals surface area contributed by atoms with Crippen molar-refractivity contribution in [2.24, 2.45) is 12.5 Å². The number of esters is 2. The lowest BCUT2D eigenvalue weighted by molar-refractivity contribution is -0.142. The molecule has 0 radical (unpaired) electrons. The Morgan fingerprint density at radius 3 is 2.46 bits per heavy atom. The van der Waals surface area contributed by atoms with E-state index < -0.39 is 34.3 Å². The van der Waals surface area contributed by atoms with Gasteiger partial charge in [-0.2, -0.15) is 0 Å². The first kappa shape index (κ1) is 27.5. The number of aromatic nitrogens is 2. The number of benzene rings is 1. The average Bonchev–Trinajstić information content (AvgIpc) is 2.82. The van der Waals surface area contributed by atoms with E-state index in [1.54, 1.807) is 33.8 Å².